The zero-order valence-electron chi connectivity index (χ0n) is 12.7. The molecule has 2 unspecified atom stereocenters. The summed E-state index contributed by atoms with van der Waals surface area (Å²) in [6.07, 6.45) is 4.82. The van der Waals surface area contributed by atoms with Crippen LogP contribution in [-0.2, 0) is 14.3 Å². The first-order chi connectivity index (χ1) is 10.5. The van der Waals surface area contributed by atoms with Gasteiger partial charge in [0.2, 0.25) is 5.91 Å². The summed E-state index contributed by atoms with van der Waals surface area (Å²) < 4.78 is 6.23. The van der Waals surface area contributed by atoms with Crippen LogP contribution in [0.3, 0.4) is 0 Å². The fraction of sp³-hybridized carbons (Fsp3) is 0.412. The lowest BCUT2D eigenvalue weighted by Crippen LogP contribution is -2.36. The molecule has 0 heterocycles. The smallest absolute Gasteiger partial charge is 0.310 e. The molecule has 0 spiro atoms. The molecular formula is C17H20BrNO3. The molecular weight excluding hydrogens is 346 g/mol. The first-order valence-electron chi connectivity index (χ1n) is 7.39. The number of ether oxygens (including phenoxy) is 1. The molecule has 1 aromatic rings. The Balaban J connectivity index is 2.06. The molecule has 2 rings (SSSR count). The SMILES string of the molecule is CC(C)OC(=O)C1CC=CCC1C(=O)Nc1ccc(Br)cc1. The van der Waals surface area contributed by atoms with Crippen LogP contribution in [0.2, 0.25) is 0 Å². The van der Waals surface area contributed by atoms with Crippen LogP contribution in [0.1, 0.15) is 26.7 Å². The van der Waals surface area contributed by atoms with E-state index in [0.717, 1.165) is 10.2 Å². The summed E-state index contributed by atoms with van der Waals surface area (Å²) in [6, 6.07) is 7.37. The van der Waals surface area contributed by atoms with Crippen LogP contribution in [0.4, 0.5) is 5.69 Å². The Morgan fingerprint density at radius 3 is 2.32 bits per heavy atom. The lowest BCUT2D eigenvalue weighted by atomic mass is 9.82. The molecule has 118 valence electrons. The van der Waals surface area contributed by atoms with Gasteiger partial charge in [0, 0.05) is 10.2 Å². The minimum atomic E-state index is -0.414. The summed E-state index contributed by atoms with van der Waals surface area (Å²) in [5.41, 5.74) is 0.721. The maximum atomic E-state index is 12.5. The number of hydrogen-bond donors (Lipinski definition) is 1. The average molecular weight is 366 g/mol. The third-order valence-corrected chi connectivity index (χ3v) is 4.06. The van der Waals surface area contributed by atoms with Gasteiger partial charge >= 0.3 is 5.97 Å². The van der Waals surface area contributed by atoms with Gasteiger partial charge in [0.05, 0.1) is 17.9 Å². The molecule has 0 aliphatic heterocycles. The molecule has 1 aromatic carbocycles. The lowest BCUT2D eigenvalue weighted by molar-refractivity contribution is -0.156. The minimum Gasteiger partial charge on any atom is -0.463 e. The van der Waals surface area contributed by atoms with E-state index in [1.807, 2.05) is 50.3 Å². The highest BCUT2D eigenvalue weighted by molar-refractivity contribution is 9.10. The largest absolute Gasteiger partial charge is 0.463 e. The molecule has 0 fully saturated rings. The van der Waals surface area contributed by atoms with E-state index in [9.17, 15) is 9.59 Å². The Morgan fingerprint density at radius 1 is 1.14 bits per heavy atom. The van der Waals surface area contributed by atoms with E-state index in [4.69, 9.17) is 4.74 Å². The number of allylic oxidation sites excluding steroid dienone is 2. The van der Waals surface area contributed by atoms with Gasteiger partial charge in [-0.3, -0.25) is 9.59 Å². The number of anilines is 1. The second kappa shape index (κ2) is 7.58. The van der Waals surface area contributed by atoms with Crippen molar-refractivity contribution in [3.05, 3.63) is 40.9 Å². The Bertz CT molecular complexity index is 566. The fourth-order valence-corrected chi connectivity index (χ4v) is 2.72. The highest BCUT2D eigenvalue weighted by atomic mass is 79.9. The van der Waals surface area contributed by atoms with Crippen molar-refractivity contribution in [3.8, 4) is 0 Å². The number of carbonyl (C=O) groups excluding carboxylic acids is 2. The quantitative estimate of drug-likeness (QED) is 0.649. The van der Waals surface area contributed by atoms with Crippen LogP contribution < -0.4 is 5.32 Å². The van der Waals surface area contributed by atoms with Gasteiger partial charge in [-0.25, -0.2) is 0 Å². The number of hydrogen-bond acceptors (Lipinski definition) is 3. The molecule has 1 amide bonds. The standard InChI is InChI=1S/C17H20BrNO3/c1-11(2)22-17(21)15-6-4-3-5-14(15)16(20)19-13-9-7-12(18)8-10-13/h3-4,7-11,14-15H,5-6H2,1-2H3,(H,19,20). The van der Waals surface area contributed by atoms with Crippen molar-refractivity contribution < 1.29 is 14.3 Å². The molecule has 0 saturated carbocycles. The van der Waals surface area contributed by atoms with Gasteiger partial charge in [-0.05, 0) is 51.0 Å². The van der Waals surface area contributed by atoms with Crippen LogP contribution in [-0.4, -0.2) is 18.0 Å². The average Bonchev–Trinajstić information content (AvgIpc) is 2.49. The van der Waals surface area contributed by atoms with Gasteiger partial charge in [-0.1, -0.05) is 28.1 Å². The summed E-state index contributed by atoms with van der Waals surface area (Å²) >= 11 is 3.36. The predicted molar refractivity (Wildman–Crippen MR) is 89.4 cm³/mol. The number of benzene rings is 1. The molecule has 4 nitrogen and oxygen atoms in total. The van der Waals surface area contributed by atoms with Crippen molar-refractivity contribution in [1.82, 2.24) is 0 Å². The van der Waals surface area contributed by atoms with Crippen molar-refractivity contribution in [2.45, 2.75) is 32.8 Å². The molecule has 1 aliphatic rings. The second-order valence-electron chi connectivity index (χ2n) is 5.64. The zero-order valence-corrected chi connectivity index (χ0v) is 14.3. The summed E-state index contributed by atoms with van der Waals surface area (Å²) in [5.74, 6) is -1.24. The molecule has 2 atom stereocenters. The number of esters is 1. The Morgan fingerprint density at radius 2 is 1.73 bits per heavy atom. The lowest BCUT2D eigenvalue weighted by Gasteiger charge is -2.26. The van der Waals surface area contributed by atoms with Crippen molar-refractivity contribution in [1.29, 1.82) is 0 Å². The Hall–Kier alpha value is -1.62. The van der Waals surface area contributed by atoms with Crippen LogP contribution in [0.25, 0.3) is 0 Å². The number of carbonyl (C=O) groups is 2. The van der Waals surface area contributed by atoms with Gasteiger partial charge < -0.3 is 10.1 Å². The number of nitrogens with one attached hydrogen (secondary N) is 1. The highest BCUT2D eigenvalue weighted by Crippen LogP contribution is 2.28. The van der Waals surface area contributed by atoms with E-state index in [1.54, 1.807) is 0 Å². The molecule has 1 aliphatic carbocycles. The van der Waals surface area contributed by atoms with Crippen molar-refractivity contribution in [3.63, 3.8) is 0 Å². The number of amides is 1. The Kier molecular flexibility index (Phi) is 5.77. The van der Waals surface area contributed by atoms with Gasteiger partial charge in [-0.2, -0.15) is 0 Å². The van der Waals surface area contributed by atoms with E-state index in [-0.39, 0.29) is 23.9 Å². The molecule has 22 heavy (non-hydrogen) atoms. The van der Waals surface area contributed by atoms with E-state index in [0.29, 0.717) is 12.8 Å². The molecule has 0 radical (unpaired) electrons. The third-order valence-electron chi connectivity index (χ3n) is 3.54. The Labute approximate surface area is 139 Å². The number of halogens is 1. The van der Waals surface area contributed by atoms with E-state index < -0.39 is 5.92 Å². The molecule has 5 heteroatoms. The van der Waals surface area contributed by atoms with Crippen molar-refractivity contribution >= 4 is 33.5 Å². The second-order valence-corrected chi connectivity index (χ2v) is 6.55. The summed E-state index contributed by atoms with van der Waals surface area (Å²) in [4.78, 5) is 24.7. The zero-order chi connectivity index (χ0) is 16.1. The van der Waals surface area contributed by atoms with E-state index in [2.05, 4.69) is 21.2 Å². The van der Waals surface area contributed by atoms with Gasteiger partial charge in [0.25, 0.3) is 0 Å². The number of rotatable bonds is 4. The third kappa shape index (κ3) is 4.44. The van der Waals surface area contributed by atoms with Crippen molar-refractivity contribution in [2.75, 3.05) is 5.32 Å². The normalized spacial score (nSPS) is 20.7. The maximum Gasteiger partial charge on any atom is 0.310 e. The van der Waals surface area contributed by atoms with Gasteiger partial charge in [-0.15, -0.1) is 0 Å². The van der Waals surface area contributed by atoms with Gasteiger partial charge in [0.15, 0.2) is 0 Å². The summed E-state index contributed by atoms with van der Waals surface area (Å²) in [6.45, 7) is 3.63. The van der Waals surface area contributed by atoms with E-state index >= 15 is 0 Å². The van der Waals surface area contributed by atoms with Crippen molar-refractivity contribution in [2.24, 2.45) is 11.8 Å². The monoisotopic (exact) mass is 365 g/mol. The van der Waals surface area contributed by atoms with Crippen LogP contribution >= 0.6 is 15.9 Å². The fourth-order valence-electron chi connectivity index (χ4n) is 2.45. The predicted octanol–water partition coefficient (Wildman–Crippen LogP) is 3.92. The molecule has 0 bridgehead atoms. The maximum absolute atomic E-state index is 12.5. The van der Waals surface area contributed by atoms with Crippen LogP contribution in [0, 0.1) is 11.8 Å². The minimum absolute atomic E-state index is 0.141. The molecule has 0 aromatic heterocycles. The topological polar surface area (TPSA) is 55.4 Å². The summed E-state index contributed by atoms with van der Waals surface area (Å²) in [5, 5.41) is 2.88. The summed E-state index contributed by atoms with van der Waals surface area (Å²) in [7, 11) is 0. The van der Waals surface area contributed by atoms with E-state index in [1.165, 1.54) is 0 Å². The first-order valence-corrected chi connectivity index (χ1v) is 8.18. The van der Waals surface area contributed by atoms with Crippen LogP contribution in [0.5, 0.6) is 0 Å². The molecule has 0 saturated heterocycles. The van der Waals surface area contributed by atoms with Crippen LogP contribution in [0.15, 0.2) is 40.9 Å². The van der Waals surface area contributed by atoms with Gasteiger partial charge in [0.1, 0.15) is 0 Å². The molecule has 1 N–H and O–H groups in total. The first kappa shape index (κ1) is 16.7. The highest BCUT2D eigenvalue weighted by Gasteiger charge is 2.35.